The number of hydrogen-bond donors (Lipinski definition) is 1. The van der Waals surface area contributed by atoms with Gasteiger partial charge in [0.2, 0.25) is 11.8 Å². The monoisotopic (exact) mass is 458 g/mol. The van der Waals surface area contributed by atoms with Gasteiger partial charge >= 0.3 is 0 Å². The van der Waals surface area contributed by atoms with Crippen LogP contribution in [0.4, 0.5) is 0 Å². The molecule has 1 N–H and O–H groups in total. The third-order valence-corrected chi connectivity index (χ3v) is 7.11. The smallest absolute Gasteiger partial charge is 0.242 e. The van der Waals surface area contributed by atoms with Crippen molar-refractivity contribution in [2.45, 2.75) is 63.4 Å². The molecule has 31 heavy (non-hydrogen) atoms. The summed E-state index contributed by atoms with van der Waals surface area (Å²) in [6.45, 7) is 2.14. The Balaban J connectivity index is 1.66. The fourth-order valence-corrected chi connectivity index (χ4v) is 4.94. The van der Waals surface area contributed by atoms with Crippen LogP contribution in [0.3, 0.4) is 0 Å². The van der Waals surface area contributed by atoms with Gasteiger partial charge in [-0.05, 0) is 37.0 Å². The first-order valence-electron chi connectivity index (χ1n) is 11.0. The van der Waals surface area contributed by atoms with Crippen molar-refractivity contribution in [2.24, 2.45) is 0 Å². The number of rotatable bonds is 9. The minimum Gasteiger partial charge on any atom is -0.352 e. The molecule has 0 heterocycles. The van der Waals surface area contributed by atoms with Crippen molar-refractivity contribution in [1.82, 2.24) is 10.2 Å². The molecular weight excluding hydrogens is 428 g/mol. The van der Waals surface area contributed by atoms with Crippen LogP contribution in [0, 0.1) is 0 Å². The maximum absolute atomic E-state index is 13.2. The second-order valence-electron chi connectivity index (χ2n) is 8.11. The lowest BCUT2D eigenvalue weighted by molar-refractivity contribution is -0.139. The molecule has 0 radical (unpaired) electrons. The van der Waals surface area contributed by atoms with E-state index in [4.69, 9.17) is 11.6 Å². The van der Waals surface area contributed by atoms with Crippen LogP contribution in [0.1, 0.15) is 50.2 Å². The Bertz CT molecular complexity index is 856. The first-order valence-corrected chi connectivity index (χ1v) is 12.5. The highest BCUT2D eigenvalue weighted by molar-refractivity contribution is 7.99. The Labute approximate surface area is 194 Å². The fourth-order valence-electron chi connectivity index (χ4n) is 3.87. The summed E-state index contributed by atoms with van der Waals surface area (Å²) in [6.07, 6.45) is 5.57. The molecule has 1 aliphatic rings. The maximum atomic E-state index is 13.2. The van der Waals surface area contributed by atoms with Crippen LogP contribution in [-0.2, 0) is 21.9 Å². The second kappa shape index (κ2) is 12.2. The van der Waals surface area contributed by atoms with E-state index in [1.807, 2.05) is 49.4 Å². The van der Waals surface area contributed by atoms with E-state index in [2.05, 4.69) is 17.4 Å². The van der Waals surface area contributed by atoms with Crippen LogP contribution < -0.4 is 5.32 Å². The van der Waals surface area contributed by atoms with E-state index in [1.165, 1.54) is 12.0 Å². The van der Waals surface area contributed by atoms with Crippen molar-refractivity contribution in [2.75, 3.05) is 5.75 Å². The molecule has 2 amide bonds. The Hall–Kier alpha value is -1.98. The van der Waals surface area contributed by atoms with E-state index >= 15 is 0 Å². The van der Waals surface area contributed by atoms with Gasteiger partial charge in [-0.2, -0.15) is 0 Å². The molecule has 1 aliphatic carbocycles. The third-order valence-electron chi connectivity index (χ3n) is 5.75. The number of benzene rings is 2. The number of amides is 2. The van der Waals surface area contributed by atoms with Gasteiger partial charge in [0.1, 0.15) is 6.04 Å². The zero-order valence-corrected chi connectivity index (χ0v) is 19.6. The summed E-state index contributed by atoms with van der Waals surface area (Å²) in [5.41, 5.74) is 2.03. The molecule has 2 aromatic rings. The predicted molar refractivity (Wildman–Crippen MR) is 129 cm³/mol. The van der Waals surface area contributed by atoms with Crippen molar-refractivity contribution in [1.29, 1.82) is 0 Å². The molecule has 1 saturated carbocycles. The van der Waals surface area contributed by atoms with E-state index in [-0.39, 0.29) is 17.9 Å². The van der Waals surface area contributed by atoms with E-state index in [1.54, 1.807) is 16.7 Å². The second-order valence-corrected chi connectivity index (χ2v) is 9.50. The number of hydrogen-bond acceptors (Lipinski definition) is 3. The zero-order chi connectivity index (χ0) is 22.1. The summed E-state index contributed by atoms with van der Waals surface area (Å²) in [6, 6.07) is 17.3. The number of halogens is 1. The normalized spacial score (nSPS) is 15.3. The largest absolute Gasteiger partial charge is 0.352 e. The summed E-state index contributed by atoms with van der Waals surface area (Å²) >= 11 is 7.92. The van der Waals surface area contributed by atoms with Crippen LogP contribution in [0.25, 0.3) is 0 Å². The first kappa shape index (κ1) is 23.7. The first-order chi connectivity index (χ1) is 15.0. The summed E-state index contributed by atoms with van der Waals surface area (Å²) in [5, 5.41) is 3.77. The molecule has 0 spiro atoms. The van der Waals surface area contributed by atoms with Crippen molar-refractivity contribution < 1.29 is 9.59 Å². The highest BCUT2D eigenvalue weighted by atomic mass is 35.5. The van der Waals surface area contributed by atoms with E-state index < -0.39 is 6.04 Å². The molecular formula is C25H31ClN2O2S. The Kier molecular flexibility index (Phi) is 9.29. The minimum absolute atomic E-state index is 0.0489. The van der Waals surface area contributed by atoms with E-state index in [9.17, 15) is 9.59 Å². The van der Waals surface area contributed by atoms with Crippen LogP contribution >= 0.6 is 23.4 Å². The lowest BCUT2D eigenvalue weighted by Crippen LogP contribution is -2.50. The summed E-state index contributed by atoms with van der Waals surface area (Å²) < 4.78 is 0. The van der Waals surface area contributed by atoms with Gasteiger partial charge in [0.25, 0.3) is 0 Å². The summed E-state index contributed by atoms with van der Waals surface area (Å²) in [5.74, 6) is 0.947. The Morgan fingerprint density at radius 1 is 1.06 bits per heavy atom. The van der Waals surface area contributed by atoms with E-state index in [0.717, 1.165) is 37.0 Å². The molecule has 1 unspecified atom stereocenters. The van der Waals surface area contributed by atoms with Crippen molar-refractivity contribution in [3.8, 4) is 0 Å². The zero-order valence-electron chi connectivity index (χ0n) is 18.1. The van der Waals surface area contributed by atoms with Gasteiger partial charge in [-0.15, -0.1) is 11.8 Å². The van der Waals surface area contributed by atoms with Crippen LogP contribution in [0.5, 0.6) is 0 Å². The number of nitrogens with zero attached hydrogens (tertiary/aromatic N) is 1. The number of nitrogens with one attached hydrogen (secondary N) is 1. The average molecular weight is 459 g/mol. The third kappa shape index (κ3) is 7.29. The van der Waals surface area contributed by atoms with Gasteiger partial charge < -0.3 is 10.2 Å². The van der Waals surface area contributed by atoms with Crippen molar-refractivity contribution >= 4 is 35.2 Å². The van der Waals surface area contributed by atoms with Crippen LogP contribution in [-0.4, -0.2) is 34.6 Å². The van der Waals surface area contributed by atoms with E-state index in [0.29, 0.717) is 17.3 Å². The SMILES string of the molecule is CC(C(=O)NC1CCCCC1)N(Cc1ccccc1Cl)C(=O)CSCc1ccccc1. The molecule has 1 fully saturated rings. The molecule has 3 rings (SSSR count). The fraction of sp³-hybridized carbons (Fsp3) is 0.440. The van der Waals surface area contributed by atoms with Crippen molar-refractivity contribution in [3.63, 3.8) is 0 Å². The van der Waals surface area contributed by atoms with Gasteiger partial charge in [-0.3, -0.25) is 9.59 Å². The summed E-state index contributed by atoms with van der Waals surface area (Å²) in [4.78, 5) is 27.8. The molecule has 0 aromatic heterocycles. The topological polar surface area (TPSA) is 49.4 Å². The van der Waals surface area contributed by atoms with Crippen LogP contribution in [0.2, 0.25) is 5.02 Å². The number of thioether (sulfide) groups is 1. The maximum Gasteiger partial charge on any atom is 0.242 e. The van der Waals surface area contributed by atoms with Gasteiger partial charge in [-0.25, -0.2) is 0 Å². The standard InChI is InChI=1S/C25H31ClN2O2S/c1-19(25(30)27-22-13-6-3-7-14-22)28(16-21-12-8-9-15-23(21)26)24(29)18-31-17-20-10-4-2-5-11-20/h2,4-5,8-12,15,19,22H,3,6-7,13-14,16-18H2,1H3,(H,27,30). The highest BCUT2D eigenvalue weighted by Gasteiger charge is 2.28. The molecule has 0 bridgehead atoms. The molecule has 0 aliphatic heterocycles. The molecule has 6 heteroatoms. The predicted octanol–water partition coefficient (Wildman–Crippen LogP) is 5.44. The van der Waals surface area contributed by atoms with Gasteiger partial charge in [0, 0.05) is 23.4 Å². The highest BCUT2D eigenvalue weighted by Crippen LogP contribution is 2.21. The molecule has 4 nitrogen and oxygen atoms in total. The van der Waals surface area contributed by atoms with Gasteiger partial charge in [0.05, 0.1) is 5.75 Å². The summed E-state index contributed by atoms with van der Waals surface area (Å²) in [7, 11) is 0. The average Bonchev–Trinajstić information content (AvgIpc) is 2.79. The van der Waals surface area contributed by atoms with Crippen LogP contribution in [0.15, 0.2) is 54.6 Å². The molecule has 1 atom stereocenters. The number of carbonyl (C=O) groups is 2. The Morgan fingerprint density at radius 2 is 1.74 bits per heavy atom. The Morgan fingerprint density at radius 3 is 2.45 bits per heavy atom. The quantitative estimate of drug-likeness (QED) is 0.544. The minimum atomic E-state index is -0.553. The van der Waals surface area contributed by atoms with Gasteiger partial charge in [-0.1, -0.05) is 79.4 Å². The lowest BCUT2D eigenvalue weighted by Gasteiger charge is -2.31. The molecule has 2 aromatic carbocycles. The molecule has 166 valence electrons. The number of carbonyl (C=O) groups excluding carboxylic acids is 2. The van der Waals surface area contributed by atoms with Crippen molar-refractivity contribution in [3.05, 3.63) is 70.7 Å². The molecule has 0 saturated heterocycles. The lowest BCUT2D eigenvalue weighted by atomic mass is 9.95. The van der Waals surface area contributed by atoms with Gasteiger partial charge in [0.15, 0.2) is 0 Å².